The number of rotatable bonds is 10. The van der Waals surface area contributed by atoms with E-state index in [0.717, 1.165) is 47.3 Å². The van der Waals surface area contributed by atoms with Gasteiger partial charge in [0.25, 0.3) is 5.91 Å². The van der Waals surface area contributed by atoms with Gasteiger partial charge in [0, 0.05) is 47.4 Å². The van der Waals surface area contributed by atoms with E-state index in [2.05, 4.69) is 37.8 Å². The van der Waals surface area contributed by atoms with Crippen molar-refractivity contribution in [3.63, 3.8) is 0 Å². The highest BCUT2D eigenvalue weighted by atomic mass is 32.1. The highest BCUT2D eigenvalue weighted by Gasteiger charge is 2.33. The average Bonchev–Trinajstić information content (AvgIpc) is 3.67. The highest BCUT2D eigenvalue weighted by Crippen LogP contribution is 2.31. The zero-order valence-electron chi connectivity index (χ0n) is 19.5. The molecule has 34 heavy (non-hydrogen) atoms. The second kappa shape index (κ2) is 10.1. The van der Waals surface area contributed by atoms with Crippen LogP contribution in [0.3, 0.4) is 0 Å². The molecule has 0 bridgehead atoms. The Morgan fingerprint density at radius 1 is 1.18 bits per heavy atom. The number of nitrogens with zero attached hydrogens (tertiary/aromatic N) is 4. The molecule has 1 fully saturated rings. The van der Waals surface area contributed by atoms with Crippen molar-refractivity contribution in [3.05, 3.63) is 47.3 Å². The predicted molar refractivity (Wildman–Crippen MR) is 135 cm³/mol. The third-order valence-corrected chi connectivity index (χ3v) is 7.68. The van der Waals surface area contributed by atoms with Crippen molar-refractivity contribution < 1.29 is 4.79 Å². The largest absolute Gasteiger partial charge is 0.349 e. The molecule has 0 unspecified atom stereocenters. The fourth-order valence-electron chi connectivity index (χ4n) is 4.77. The summed E-state index contributed by atoms with van der Waals surface area (Å²) in [6.45, 7) is 3.93. The summed E-state index contributed by atoms with van der Waals surface area (Å²) in [7, 11) is 0. The number of H-pyrrole nitrogens is 1. The van der Waals surface area contributed by atoms with Crippen molar-refractivity contribution in [3.8, 4) is 22.3 Å². The first-order valence-electron chi connectivity index (χ1n) is 12.1. The van der Waals surface area contributed by atoms with Gasteiger partial charge in [-0.2, -0.15) is 10.2 Å². The van der Waals surface area contributed by atoms with E-state index in [0.29, 0.717) is 11.4 Å². The van der Waals surface area contributed by atoms with Crippen LogP contribution in [-0.2, 0) is 0 Å². The number of carbonyl (C=O) groups is 1. The zero-order valence-corrected chi connectivity index (χ0v) is 20.3. The number of unbranched alkanes of at least 4 members (excludes halogenated alkanes) is 2. The van der Waals surface area contributed by atoms with Gasteiger partial charge in [0.2, 0.25) is 0 Å². The van der Waals surface area contributed by atoms with E-state index in [1.807, 2.05) is 30.0 Å². The first-order chi connectivity index (χ1) is 16.7. The van der Waals surface area contributed by atoms with Crippen molar-refractivity contribution in [1.82, 2.24) is 35.4 Å². The van der Waals surface area contributed by atoms with Crippen LogP contribution < -0.4 is 10.6 Å². The fourth-order valence-corrected chi connectivity index (χ4v) is 5.59. The van der Waals surface area contributed by atoms with Gasteiger partial charge >= 0.3 is 0 Å². The van der Waals surface area contributed by atoms with E-state index in [1.165, 1.54) is 43.4 Å². The number of thiophene rings is 1. The van der Waals surface area contributed by atoms with Gasteiger partial charge in [0.1, 0.15) is 0 Å². The molecule has 0 atom stereocenters. The lowest BCUT2D eigenvalue weighted by molar-refractivity contribution is 0.0942. The van der Waals surface area contributed by atoms with Crippen LogP contribution >= 0.6 is 11.3 Å². The molecular formula is C25H31N7OS. The van der Waals surface area contributed by atoms with Gasteiger partial charge in [-0.3, -0.25) is 9.89 Å². The lowest BCUT2D eigenvalue weighted by atomic mass is 9.97. The molecule has 4 heterocycles. The molecule has 1 saturated carbocycles. The summed E-state index contributed by atoms with van der Waals surface area (Å²) in [5, 5.41) is 20.3. The number of hydrogen-bond donors (Lipinski definition) is 3. The zero-order chi connectivity index (χ0) is 23.4. The van der Waals surface area contributed by atoms with Gasteiger partial charge < -0.3 is 10.6 Å². The van der Waals surface area contributed by atoms with Crippen molar-refractivity contribution >= 4 is 22.9 Å². The molecule has 4 aromatic heterocycles. The monoisotopic (exact) mass is 477 g/mol. The summed E-state index contributed by atoms with van der Waals surface area (Å²) in [4.78, 5) is 18.3. The Morgan fingerprint density at radius 2 is 2.06 bits per heavy atom. The van der Waals surface area contributed by atoms with Gasteiger partial charge in [-0.1, -0.05) is 32.6 Å². The van der Waals surface area contributed by atoms with E-state index < -0.39 is 0 Å². The molecule has 1 aliphatic rings. The molecule has 1 aliphatic carbocycles. The van der Waals surface area contributed by atoms with Crippen LogP contribution in [-0.4, -0.2) is 49.3 Å². The Labute approximate surface area is 203 Å². The first kappa shape index (κ1) is 22.7. The quantitative estimate of drug-likeness (QED) is 0.288. The molecule has 4 aromatic rings. The first-order valence-corrected chi connectivity index (χ1v) is 13.0. The van der Waals surface area contributed by atoms with Crippen LogP contribution in [0.25, 0.3) is 27.9 Å². The summed E-state index contributed by atoms with van der Waals surface area (Å²) in [5.41, 5.74) is 4.58. The number of nitrogens with one attached hydrogen (secondary N) is 3. The summed E-state index contributed by atoms with van der Waals surface area (Å²) >= 11 is 1.46. The van der Waals surface area contributed by atoms with Gasteiger partial charge in [0.05, 0.1) is 17.3 Å². The second-order valence-electron chi connectivity index (χ2n) is 9.16. The molecule has 0 spiro atoms. The Balaban J connectivity index is 1.26. The molecule has 9 heteroatoms. The topological polar surface area (TPSA) is 100 Å². The van der Waals surface area contributed by atoms with Crippen LogP contribution in [0.2, 0.25) is 0 Å². The SMILES string of the molecule is CCCCCNC1(CNC(=O)c2cc(-c3cnn4cc(-c5cn[nH]c5)cnc34)cs2)CCCC1. The highest BCUT2D eigenvalue weighted by molar-refractivity contribution is 7.12. The minimum Gasteiger partial charge on any atom is -0.349 e. The minimum atomic E-state index is -0.00967. The number of carbonyl (C=O) groups excluding carboxylic acids is 1. The lowest BCUT2D eigenvalue weighted by Gasteiger charge is -2.31. The van der Waals surface area contributed by atoms with E-state index in [1.54, 1.807) is 16.9 Å². The second-order valence-corrected chi connectivity index (χ2v) is 10.1. The molecule has 0 aromatic carbocycles. The molecule has 1 amide bonds. The predicted octanol–water partition coefficient (Wildman–Crippen LogP) is 4.67. The van der Waals surface area contributed by atoms with Crippen LogP contribution in [0, 0.1) is 0 Å². The van der Waals surface area contributed by atoms with Gasteiger partial charge in [0.15, 0.2) is 5.65 Å². The molecule has 0 radical (unpaired) electrons. The molecule has 3 N–H and O–H groups in total. The molecular weight excluding hydrogens is 446 g/mol. The van der Waals surface area contributed by atoms with E-state index >= 15 is 0 Å². The van der Waals surface area contributed by atoms with E-state index in [4.69, 9.17) is 0 Å². The summed E-state index contributed by atoms with van der Waals surface area (Å²) in [5.74, 6) is -0.00967. The van der Waals surface area contributed by atoms with Crippen LogP contribution in [0.15, 0.2) is 42.4 Å². The number of aromatic amines is 1. The maximum Gasteiger partial charge on any atom is 0.261 e. The standard InChI is InChI=1S/C25H31N7OS/c1-2-3-6-9-28-25(7-4-5-8-25)17-27-24(33)22-10-18(16-34-22)21-14-31-32-15-20(11-26-23(21)32)19-12-29-30-13-19/h10-16,28H,2-9,17H2,1H3,(H,27,33)(H,29,30). The fraction of sp³-hybridized carbons (Fsp3) is 0.440. The van der Waals surface area contributed by atoms with Gasteiger partial charge in [-0.05, 0) is 42.8 Å². The number of aromatic nitrogens is 5. The van der Waals surface area contributed by atoms with Crippen molar-refractivity contribution in [2.24, 2.45) is 0 Å². The summed E-state index contributed by atoms with van der Waals surface area (Å²) in [6.07, 6.45) is 17.5. The number of hydrogen-bond acceptors (Lipinski definition) is 6. The van der Waals surface area contributed by atoms with Crippen LogP contribution in [0.4, 0.5) is 0 Å². The normalized spacial score (nSPS) is 15.2. The average molecular weight is 478 g/mol. The minimum absolute atomic E-state index is 0.00967. The number of amides is 1. The van der Waals surface area contributed by atoms with Gasteiger partial charge in [-0.15, -0.1) is 11.3 Å². The Hall–Kier alpha value is -3.04. The Morgan fingerprint density at radius 3 is 2.85 bits per heavy atom. The number of fused-ring (bicyclic) bond motifs is 1. The van der Waals surface area contributed by atoms with Crippen LogP contribution in [0.1, 0.15) is 61.5 Å². The van der Waals surface area contributed by atoms with E-state index in [9.17, 15) is 4.79 Å². The molecule has 5 rings (SSSR count). The van der Waals surface area contributed by atoms with Crippen molar-refractivity contribution in [1.29, 1.82) is 0 Å². The molecule has 0 aliphatic heterocycles. The molecule has 178 valence electrons. The smallest absolute Gasteiger partial charge is 0.261 e. The maximum atomic E-state index is 13.0. The third kappa shape index (κ3) is 4.76. The lowest BCUT2D eigenvalue weighted by Crippen LogP contribution is -2.51. The Bertz CT molecular complexity index is 1240. The van der Waals surface area contributed by atoms with E-state index in [-0.39, 0.29) is 11.4 Å². The Kier molecular flexibility index (Phi) is 6.73. The van der Waals surface area contributed by atoms with Crippen LogP contribution in [0.5, 0.6) is 0 Å². The molecule has 0 saturated heterocycles. The van der Waals surface area contributed by atoms with Gasteiger partial charge in [-0.25, -0.2) is 9.50 Å². The summed E-state index contributed by atoms with van der Waals surface area (Å²) < 4.78 is 1.77. The maximum absolute atomic E-state index is 13.0. The molecule has 8 nitrogen and oxygen atoms in total. The van der Waals surface area contributed by atoms with Crippen molar-refractivity contribution in [2.45, 2.75) is 57.4 Å². The van der Waals surface area contributed by atoms with Crippen molar-refractivity contribution in [2.75, 3.05) is 13.1 Å². The third-order valence-electron chi connectivity index (χ3n) is 6.75. The summed E-state index contributed by atoms with van der Waals surface area (Å²) in [6, 6.07) is 1.94.